The molecule has 2 N–H and O–H groups in total. The molecule has 4 nitrogen and oxygen atoms in total. The summed E-state index contributed by atoms with van der Waals surface area (Å²) in [6, 6.07) is 7.14. The predicted molar refractivity (Wildman–Crippen MR) is 70.3 cm³/mol. The lowest BCUT2D eigenvalue weighted by atomic mass is 10.1. The van der Waals surface area contributed by atoms with Crippen LogP contribution in [0.3, 0.4) is 0 Å². The van der Waals surface area contributed by atoms with Crippen molar-refractivity contribution in [2.45, 2.75) is 6.92 Å². The third-order valence-corrected chi connectivity index (χ3v) is 3.05. The number of amides is 1. The largest absolute Gasteiger partial charge is 0.398 e. The molecule has 17 heavy (non-hydrogen) atoms. The molecule has 0 aromatic heterocycles. The molecule has 0 aliphatic rings. The molecule has 1 rings (SSSR count). The summed E-state index contributed by atoms with van der Waals surface area (Å²) in [6.45, 7) is 2.19. The van der Waals surface area contributed by atoms with Crippen molar-refractivity contribution in [3.8, 4) is 6.07 Å². The summed E-state index contributed by atoms with van der Waals surface area (Å²) >= 11 is 3.28. The number of carbonyl (C=O) groups excluding carboxylic acids is 1. The average Bonchev–Trinajstić information content (AvgIpc) is 2.31. The van der Waals surface area contributed by atoms with Gasteiger partial charge in [0.15, 0.2) is 0 Å². The van der Waals surface area contributed by atoms with E-state index in [2.05, 4.69) is 22.0 Å². The van der Waals surface area contributed by atoms with Crippen LogP contribution in [0.5, 0.6) is 0 Å². The maximum Gasteiger partial charge on any atom is 0.253 e. The molecule has 1 atom stereocenters. The number of hydrogen-bond donors (Lipinski definition) is 1. The molecule has 0 saturated heterocycles. The van der Waals surface area contributed by atoms with E-state index in [4.69, 9.17) is 11.0 Å². The number of nitrogens with zero attached hydrogens (tertiary/aromatic N) is 2. The fraction of sp³-hybridized carbons (Fsp3) is 0.333. The van der Waals surface area contributed by atoms with Gasteiger partial charge in [0.25, 0.3) is 5.91 Å². The van der Waals surface area contributed by atoms with Gasteiger partial charge in [0, 0.05) is 29.3 Å². The van der Waals surface area contributed by atoms with Crippen LogP contribution in [0.25, 0.3) is 0 Å². The Bertz CT molecular complexity index is 467. The summed E-state index contributed by atoms with van der Waals surface area (Å²) in [5.41, 5.74) is 6.80. The lowest BCUT2D eigenvalue weighted by Crippen LogP contribution is -2.30. The van der Waals surface area contributed by atoms with Crippen LogP contribution < -0.4 is 5.73 Å². The predicted octanol–water partition coefficient (Wildman–Crippen LogP) is 2.26. The number of anilines is 1. The van der Waals surface area contributed by atoms with Crippen LogP contribution in [0, 0.1) is 17.2 Å². The molecule has 0 radical (unpaired) electrons. The van der Waals surface area contributed by atoms with Crippen LogP contribution >= 0.6 is 15.9 Å². The molecule has 0 fully saturated rings. The first kappa shape index (κ1) is 13.5. The second-order valence-corrected chi connectivity index (χ2v) is 4.81. The summed E-state index contributed by atoms with van der Waals surface area (Å²) in [7, 11) is 1.68. The summed E-state index contributed by atoms with van der Waals surface area (Å²) in [6.07, 6.45) is 0. The SMILES string of the molecule is CC(C#N)CN(C)C(=O)c1ccc(N)c(Br)c1. The van der Waals surface area contributed by atoms with E-state index in [1.807, 2.05) is 0 Å². The summed E-state index contributed by atoms with van der Waals surface area (Å²) in [4.78, 5) is 13.5. The van der Waals surface area contributed by atoms with E-state index in [1.54, 1.807) is 32.2 Å². The van der Waals surface area contributed by atoms with Crippen LogP contribution in [0.15, 0.2) is 22.7 Å². The molecule has 5 heteroatoms. The summed E-state index contributed by atoms with van der Waals surface area (Å²) < 4.78 is 0.699. The van der Waals surface area contributed by atoms with Crippen molar-refractivity contribution in [3.05, 3.63) is 28.2 Å². The number of hydrogen-bond acceptors (Lipinski definition) is 3. The van der Waals surface area contributed by atoms with Gasteiger partial charge in [0.1, 0.15) is 0 Å². The average molecular weight is 296 g/mol. The van der Waals surface area contributed by atoms with Crippen molar-refractivity contribution in [2.24, 2.45) is 5.92 Å². The van der Waals surface area contributed by atoms with Gasteiger partial charge < -0.3 is 10.6 Å². The Morgan fingerprint density at radius 2 is 2.29 bits per heavy atom. The van der Waals surface area contributed by atoms with Crippen molar-refractivity contribution in [2.75, 3.05) is 19.3 Å². The number of nitrogen functional groups attached to an aromatic ring is 1. The highest BCUT2D eigenvalue weighted by Crippen LogP contribution is 2.21. The zero-order valence-corrected chi connectivity index (χ0v) is 11.4. The maximum absolute atomic E-state index is 12.0. The molecule has 0 spiro atoms. The van der Waals surface area contributed by atoms with Crippen LogP contribution in [-0.2, 0) is 0 Å². The van der Waals surface area contributed by atoms with Gasteiger partial charge in [0.2, 0.25) is 0 Å². The third-order valence-electron chi connectivity index (χ3n) is 2.36. The molecule has 0 heterocycles. The topological polar surface area (TPSA) is 70.1 Å². The highest BCUT2D eigenvalue weighted by atomic mass is 79.9. The smallest absolute Gasteiger partial charge is 0.253 e. The molecular weight excluding hydrogens is 282 g/mol. The molecule has 0 aliphatic heterocycles. The quantitative estimate of drug-likeness (QED) is 0.870. The number of halogens is 1. The van der Waals surface area contributed by atoms with Crippen molar-refractivity contribution in [3.63, 3.8) is 0 Å². The molecule has 1 aromatic rings. The maximum atomic E-state index is 12.0. The van der Waals surface area contributed by atoms with E-state index in [9.17, 15) is 4.79 Å². The van der Waals surface area contributed by atoms with Crippen molar-refractivity contribution in [1.29, 1.82) is 5.26 Å². The molecule has 0 saturated carbocycles. The fourth-order valence-corrected chi connectivity index (χ4v) is 1.79. The Balaban J connectivity index is 2.82. The molecule has 90 valence electrons. The second-order valence-electron chi connectivity index (χ2n) is 3.95. The van der Waals surface area contributed by atoms with Crippen molar-refractivity contribution >= 4 is 27.5 Å². The van der Waals surface area contributed by atoms with Gasteiger partial charge in [-0.3, -0.25) is 4.79 Å². The van der Waals surface area contributed by atoms with Gasteiger partial charge in [0.05, 0.1) is 12.0 Å². The monoisotopic (exact) mass is 295 g/mol. The van der Waals surface area contributed by atoms with Crippen LogP contribution in [-0.4, -0.2) is 24.4 Å². The van der Waals surface area contributed by atoms with Gasteiger partial charge in [-0.15, -0.1) is 0 Å². The fourth-order valence-electron chi connectivity index (χ4n) is 1.42. The van der Waals surface area contributed by atoms with E-state index in [0.717, 1.165) is 0 Å². The van der Waals surface area contributed by atoms with Gasteiger partial charge in [-0.1, -0.05) is 0 Å². The van der Waals surface area contributed by atoms with E-state index >= 15 is 0 Å². The Kier molecular flexibility index (Phi) is 4.53. The first-order chi connectivity index (χ1) is 7.95. The van der Waals surface area contributed by atoms with E-state index < -0.39 is 0 Å². The lowest BCUT2D eigenvalue weighted by Gasteiger charge is -2.18. The van der Waals surface area contributed by atoms with Crippen molar-refractivity contribution in [1.82, 2.24) is 4.90 Å². The standard InChI is InChI=1S/C12H14BrN3O/c1-8(6-14)7-16(2)12(17)9-3-4-11(15)10(13)5-9/h3-5,8H,7,15H2,1-2H3. The second kappa shape index (κ2) is 5.69. The zero-order chi connectivity index (χ0) is 13.0. The minimum atomic E-state index is -0.179. The number of carbonyl (C=O) groups is 1. The molecule has 0 aliphatic carbocycles. The highest BCUT2D eigenvalue weighted by molar-refractivity contribution is 9.10. The van der Waals surface area contributed by atoms with Gasteiger partial charge >= 0.3 is 0 Å². The Labute approximate surface area is 109 Å². The van der Waals surface area contributed by atoms with E-state index in [1.165, 1.54) is 4.90 Å². The van der Waals surface area contributed by atoms with Crippen LogP contribution in [0.4, 0.5) is 5.69 Å². The first-order valence-corrected chi connectivity index (χ1v) is 5.95. The molecule has 0 bridgehead atoms. The van der Waals surface area contributed by atoms with E-state index in [-0.39, 0.29) is 11.8 Å². The Hall–Kier alpha value is -1.54. The van der Waals surface area contributed by atoms with E-state index in [0.29, 0.717) is 22.3 Å². The first-order valence-electron chi connectivity index (χ1n) is 5.15. The Morgan fingerprint density at radius 3 is 2.82 bits per heavy atom. The van der Waals surface area contributed by atoms with Crippen molar-refractivity contribution < 1.29 is 4.79 Å². The molecule has 1 unspecified atom stereocenters. The number of benzene rings is 1. The summed E-state index contributed by atoms with van der Waals surface area (Å²) in [5.74, 6) is -0.297. The van der Waals surface area contributed by atoms with Crippen LogP contribution in [0.2, 0.25) is 0 Å². The lowest BCUT2D eigenvalue weighted by molar-refractivity contribution is 0.0785. The number of rotatable bonds is 3. The highest BCUT2D eigenvalue weighted by Gasteiger charge is 2.14. The summed E-state index contributed by atoms with van der Waals surface area (Å²) in [5, 5.41) is 8.70. The number of nitrogens with two attached hydrogens (primary N) is 1. The minimum Gasteiger partial charge on any atom is -0.398 e. The number of nitriles is 1. The van der Waals surface area contributed by atoms with Gasteiger partial charge in [-0.25, -0.2) is 0 Å². The van der Waals surface area contributed by atoms with Crippen LogP contribution in [0.1, 0.15) is 17.3 Å². The van der Waals surface area contributed by atoms with Gasteiger partial charge in [-0.05, 0) is 41.1 Å². The molecule has 1 amide bonds. The zero-order valence-electron chi connectivity index (χ0n) is 9.77. The van der Waals surface area contributed by atoms with Gasteiger partial charge in [-0.2, -0.15) is 5.26 Å². The molecular formula is C12H14BrN3O. The molecule has 1 aromatic carbocycles. The Morgan fingerprint density at radius 1 is 1.65 bits per heavy atom. The minimum absolute atomic E-state index is 0.118. The third kappa shape index (κ3) is 3.46. The normalized spacial score (nSPS) is 11.6.